The summed E-state index contributed by atoms with van der Waals surface area (Å²) in [5.74, 6) is 0. The zero-order chi connectivity index (χ0) is 11.4. The highest BCUT2D eigenvalue weighted by molar-refractivity contribution is 14.1. The second kappa shape index (κ2) is 5.98. The van der Waals surface area contributed by atoms with E-state index < -0.39 is 0 Å². The van der Waals surface area contributed by atoms with Crippen LogP contribution in [0.4, 0.5) is 0 Å². The molecule has 88 valence electrons. The normalized spacial score (nSPS) is 20.6. The van der Waals surface area contributed by atoms with Crippen LogP contribution in [0, 0.1) is 3.57 Å². The van der Waals surface area contributed by atoms with Crippen LogP contribution in [0.1, 0.15) is 18.4 Å². The van der Waals surface area contributed by atoms with Crippen molar-refractivity contribution in [3.05, 3.63) is 33.4 Å². The minimum Gasteiger partial charge on any atom is -0.313 e. The van der Waals surface area contributed by atoms with E-state index in [2.05, 4.69) is 64.1 Å². The number of benzene rings is 1. The van der Waals surface area contributed by atoms with Gasteiger partial charge in [-0.25, -0.2) is 0 Å². The number of nitrogens with zero attached hydrogens (tertiary/aromatic N) is 1. The Bertz CT molecular complexity index is 317. The van der Waals surface area contributed by atoms with E-state index in [0.29, 0.717) is 6.04 Å². The highest BCUT2D eigenvalue weighted by atomic mass is 127. The predicted octanol–water partition coefficient (Wildman–Crippen LogP) is 2.48. The van der Waals surface area contributed by atoms with Gasteiger partial charge < -0.3 is 10.2 Å². The summed E-state index contributed by atoms with van der Waals surface area (Å²) < 4.78 is 1.31. The number of nitrogens with one attached hydrogen (secondary N) is 1. The SMILES string of the molecule is CN(Cc1ccc(I)cc1)CC1CCCN1. The summed E-state index contributed by atoms with van der Waals surface area (Å²) in [6.07, 6.45) is 2.67. The molecule has 2 rings (SSSR count). The summed E-state index contributed by atoms with van der Waals surface area (Å²) in [5.41, 5.74) is 1.40. The van der Waals surface area contributed by atoms with Crippen LogP contribution in [0.3, 0.4) is 0 Å². The van der Waals surface area contributed by atoms with Gasteiger partial charge in [0.2, 0.25) is 0 Å². The van der Waals surface area contributed by atoms with Crippen molar-refractivity contribution in [2.24, 2.45) is 0 Å². The third-order valence-corrected chi connectivity index (χ3v) is 3.78. The molecule has 1 saturated heterocycles. The number of likely N-dealkylation sites (N-methyl/N-ethyl adjacent to an activating group) is 1. The Hall–Kier alpha value is -0.130. The molecule has 1 aliphatic rings. The van der Waals surface area contributed by atoms with Crippen LogP contribution in [0.2, 0.25) is 0 Å². The Kier molecular flexibility index (Phi) is 4.61. The second-order valence-corrected chi connectivity index (χ2v) is 5.86. The highest BCUT2D eigenvalue weighted by Crippen LogP contribution is 2.11. The number of rotatable bonds is 4. The molecule has 1 N–H and O–H groups in total. The Morgan fingerprint density at radius 1 is 1.38 bits per heavy atom. The maximum absolute atomic E-state index is 3.54. The van der Waals surface area contributed by atoms with Crippen molar-refractivity contribution < 1.29 is 0 Å². The van der Waals surface area contributed by atoms with Crippen LogP contribution >= 0.6 is 22.6 Å². The van der Waals surface area contributed by atoms with Crippen LogP contribution in [-0.4, -0.2) is 31.1 Å². The quantitative estimate of drug-likeness (QED) is 0.854. The Morgan fingerprint density at radius 2 is 2.12 bits per heavy atom. The van der Waals surface area contributed by atoms with Gasteiger partial charge in [0.25, 0.3) is 0 Å². The molecule has 0 radical (unpaired) electrons. The van der Waals surface area contributed by atoms with Crippen molar-refractivity contribution in [3.63, 3.8) is 0 Å². The number of hydrogen-bond donors (Lipinski definition) is 1. The lowest BCUT2D eigenvalue weighted by molar-refractivity contribution is 0.293. The largest absolute Gasteiger partial charge is 0.313 e. The molecular formula is C13H19IN2. The average Bonchev–Trinajstić information content (AvgIpc) is 2.74. The summed E-state index contributed by atoms with van der Waals surface area (Å²) in [6.45, 7) is 3.41. The van der Waals surface area contributed by atoms with E-state index in [1.54, 1.807) is 0 Å². The Labute approximate surface area is 112 Å². The lowest BCUT2D eigenvalue weighted by Crippen LogP contribution is -2.34. The Balaban J connectivity index is 1.81. The zero-order valence-corrected chi connectivity index (χ0v) is 11.9. The minimum absolute atomic E-state index is 0.703. The first kappa shape index (κ1) is 12.3. The first-order valence-electron chi connectivity index (χ1n) is 5.90. The standard InChI is InChI=1S/C13H19IN2/c1-16(10-13-3-2-8-15-13)9-11-4-6-12(14)7-5-11/h4-7,13,15H,2-3,8-10H2,1H3. The summed E-state index contributed by atoms with van der Waals surface area (Å²) in [4.78, 5) is 2.41. The summed E-state index contributed by atoms with van der Waals surface area (Å²) in [7, 11) is 2.21. The van der Waals surface area contributed by atoms with Crippen LogP contribution < -0.4 is 5.32 Å². The van der Waals surface area contributed by atoms with Gasteiger partial charge in [-0.3, -0.25) is 0 Å². The molecule has 0 spiro atoms. The summed E-state index contributed by atoms with van der Waals surface area (Å²) in [6, 6.07) is 9.50. The molecule has 16 heavy (non-hydrogen) atoms. The van der Waals surface area contributed by atoms with Gasteiger partial charge in [-0.15, -0.1) is 0 Å². The lowest BCUT2D eigenvalue weighted by atomic mass is 10.2. The third kappa shape index (κ3) is 3.71. The number of hydrogen-bond acceptors (Lipinski definition) is 2. The van der Waals surface area contributed by atoms with Gasteiger partial charge in [0.1, 0.15) is 0 Å². The van der Waals surface area contributed by atoms with Gasteiger partial charge in [-0.1, -0.05) is 12.1 Å². The van der Waals surface area contributed by atoms with Gasteiger partial charge in [-0.05, 0) is 66.7 Å². The van der Waals surface area contributed by atoms with E-state index in [9.17, 15) is 0 Å². The van der Waals surface area contributed by atoms with Gasteiger partial charge >= 0.3 is 0 Å². The van der Waals surface area contributed by atoms with E-state index in [0.717, 1.165) is 13.1 Å². The summed E-state index contributed by atoms with van der Waals surface area (Å²) >= 11 is 2.35. The van der Waals surface area contributed by atoms with Crippen molar-refractivity contribution in [1.29, 1.82) is 0 Å². The topological polar surface area (TPSA) is 15.3 Å². The van der Waals surface area contributed by atoms with E-state index in [4.69, 9.17) is 0 Å². The van der Waals surface area contributed by atoms with Crippen LogP contribution in [0.5, 0.6) is 0 Å². The van der Waals surface area contributed by atoms with Crippen molar-refractivity contribution in [1.82, 2.24) is 10.2 Å². The van der Waals surface area contributed by atoms with E-state index in [1.807, 2.05) is 0 Å². The predicted molar refractivity (Wildman–Crippen MR) is 76.5 cm³/mol. The second-order valence-electron chi connectivity index (χ2n) is 4.62. The molecule has 2 nitrogen and oxygen atoms in total. The van der Waals surface area contributed by atoms with E-state index in [1.165, 1.54) is 28.5 Å². The van der Waals surface area contributed by atoms with E-state index in [-0.39, 0.29) is 0 Å². The molecule has 1 fully saturated rings. The molecule has 3 heteroatoms. The number of halogens is 1. The fourth-order valence-corrected chi connectivity index (χ4v) is 2.61. The van der Waals surface area contributed by atoms with Crippen molar-refractivity contribution >= 4 is 22.6 Å². The molecule has 0 amide bonds. The first-order chi connectivity index (χ1) is 7.74. The van der Waals surface area contributed by atoms with Crippen LogP contribution in [0.25, 0.3) is 0 Å². The maximum atomic E-state index is 3.54. The zero-order valence-electron chi connectivity index (χ0n) is 9.75. The fraction of sp³-hybridized carbons (Fsp3) is 0.538. The molecule has 0 aromatic heterocycles. The highest BCUT2D eigenvalue weighted by Gasteiger charge is 2.15. The van der Waals surface area contributed by atoms with Gasteiger partial charge in [0, 0.05) is 22.7 Å². The van der Waals surface area contributed by atoms with Crippen LogP contribution in [0.15, 0.2) is 24.3 Å². The van der Waals surface area contributed by atoms with Crippen LogP contribution in [-0.2, 0) is 6.54 Å². The fourth-order valence-electron chi connectivity index (χ4n) is 2.25. The molecule has 0 saturated carbocycles. The van der Waals surface area contributed by atoms with E-state index >= 15 is 0 Å². The maximum Gasteiger partial charge on any atom is 0.0231 e. The van der Waals surface area contributed by atoms with Gasteiger partial charge in [0.15, 0.2) is 0 Å². The summed E-state index contributed by atoms with van der Waals surface area (Å²) in [5, 5.41) is 3.54. The monoisotopic (exact) mass is 330 g/mol. The van der Waals surface area contributed by atoms with Gasteiger partial charge in [-0.2, -0.15) is 0 Å². The molecule has 1 aromatic rings. The average molecular weight is 330 g/mol. The third-order valence-electron chi connectivity index (χ3n) is 3.06. The van der Waals surface area contributed by atoms with Gasteiger partial charge in [0.05, 0.1) is 0 Å². The van der Waals surface area contributed by atoms with Crippen molar-refractivity contribution in [2.75, 3.05) is 20.1 Å². The molecule has 1 atom stereocenters. The molecule has 1 heterocycles. The van der Waals surface area contributed by atoms with Crippen molar-refractivity contribution in [2.45, 2.75) is 25.4 Å². The molecule has 0 aliphatic carbocycles. The molecule has 1 unspecified atom stereocenters. The molecular weight excluding hydrogens is 311 g/mol. The molecule has 1 aliphatic heterocycles. The lowest BCUT2D eigenvalue weighted by Gasteiger charge is -2.21. The smallest absolute Gasteiger partial charge is 0.0231 e. The first-order valence-corrected chi connectivity index (χ1v) is 6.98. The molecule has 0 bridgehead atoms. The Morgan fingerprint density at radius 3 is 2.75 bits per heavy atom. The minimum atomic E-state index is 0.703. The van der Waals surface area contributed by atoms with Crippen molar-refractivity contribution in [3.8, 4) is 0 Å². The molecule has 1 aromatic carbocycles.